The monoisotopic (exact) mass is 469 g/mol. The van der Waals surface area contributed by atoms with Crippen LogP contribution in [0.2, 0.25) is 0 Å². The van der Waals surface area contributed by atoms with Crippen LogP contribution in [0, 0.1) is 20.2 Å². The number of benzene rings is 3. The predicted molar refractivity (Wildman–Crippen MR) is 122 cm³/mol. The molecule has 0 aliphatic rings. The SMILES string of the molecule is NC(Cc1ccc(O)cc1)C(=O)O.O=[N+]([O-])c1ccccc1COCc1ccccc1[N+](=O)[O-]. The molecule has 4 N–H and O–H groups in total. The number of ether oxygens (including phenoxy) is 1. The Morgan fingerprint density at radius 3 is 1.71 bits per heavy atom. The van der Waals surface area contributed by atoms with E-state index >= 15 is 0 Å². The molecule has 1 unspecified atom stereocenters. The van der Waals surface area contributed by atoms with E-state index in [4.69, 9.17) is 20.7 Å². The summed E-state index contributed by atoms with van der Waals surface area (Å²) in [6.45, 7) is 0.0341. The molecule has 178 valence electrons. The molecular weight excluding hydrogens is 446 g/mol. The Hall–Kier alpha value is -4.35. The van der Waals surface area contributed by atoms with E-state index in [-0.39, 0.29) is 36.8 Å². The molecule has 0 amide bonds. The van der Waals surface area contributed by atoms with E-state index in [9.17, 15) is 25.0 Å². The second kappa shape index (κ2) is 12.6. The van der Waals surface area contributed by atoms with Crippen molar-refractivity contribution in [3.05, 3.63) is 110 Å². The van der Waals surface area contributed by atoms with Gasteiger partial charge in [-0.15, -0.1) is 0 Å². The summed E-state index contributed by atoms with van der Waals surface area (Å²) in [7, 11) is 0. The molecule has 3 aromatic carbocycles. The predicted octanol–water partition coefficient (Wildman–Crippen LogP) is 3.57. The number of carboxylic acids is 1. The van der Waals surface area contributed by atoms with E-state index in [1.165, 1.54) is 24.3 Å². The van der Waals surface area contributed by atoms with Crippen LogP contribution < -0.4 is 5.73 Å². The van der Waals surface area contributed by atoms with Gasteiger partial charge >= 0.3 is 5.97 Å². The number of aliphatic carboxylic acids is 1. The molecule has 0 saturated carbocycles. The minimum Gasteiger partial charge on any atom is -0.508 e. The molecule has 0 aliphatic heterocycles. The van der Waals surface area contributed by atoms with Crippen molar-refractivity contribution >= 4 is 17.3 Å². The molecule has 1 atom stereocenters. The first-order valence-electron chi connectivity index (χ1n) is 9.97. The molecule has 0 radical (unpaired) electrons. The number of hydrogen-bond acceptors (Lipinski definition) is 8. The molecule has 0 fully saturated rings. The zero-order valence-electron chi connectivity index (χ0n) is 17.9. The summed E-state index contributed by atoms with van der Waals surface area (Å²) in [6, 6.07) is 17.9. The smallest absolute Gasteiger partial charge is 0.320 e. The number of nitro benzene ring substituents is 2. The number of para-hydroxylation sites is 2. The third-order valence-electron chi connectivity index (χ3n) is 4.60. The molecule has 0 aromatic heterocycles. The number of nitro groups is 2. The van der Waals surface area contributed by atoms with Gasteiger partial charge < -0.3 is 20.7 Å². The highest BCUT2D eigenvalue weighted by Gasteiger charge is 2.15. The number of carboxylic acid groups (broad SMARTS) is 1. The number of phenols is 1. The molecule has 0 bridgehead atoms. The van der Waals surface area contributed by atoms with Gasteiger partial charge in [-0.2, -0.15) is 0 Å². The molecule has 0 saturated heterocycles. The summed E-state index contributed by atoms with van der Waals surface area (Å²) >= 11 is 0. The summed E-state index contributed by atoms with van der Waals surface area (Å²) in [5.41, 5.74) is 6.93. The van der Waals surface area contributed by atoms with Gasteiger partial charge in [-0.3, -0.25) is 25.0 Å². The van der Waals surface area contributed by atoms with Crippen LogP contribution in [0.4, 0.5) is 11.4 Å². The lowest BCUT2D eigenvalue weighted by Crippen LogP contribution is -2.32. The molecular formula is C23H23N3O8. The van der Waals surface area contributed by atoms with Gasteiger partial charge in [-0.05, 0) is 36.2 Å². The van der Waals surface area contributed by atoms with Gasteiger partial charge in [0.2, 0.25) is 0 Å². The van der Waals surface area contributed by atoms with E-state index in [2.05, 4.69) is 0 Å². The lowest BCUT2D eigenvalue weighted by molar-refractivity contribution is -0.386. The average molecular weight is 469 g/mol. The van der Waals surface area contributed by atoms with Crippen molar-refractivity contribution in [3.8, 4) is 5.75 Å². The van der Waals surface area contributed by atoms with E-state index in [0.29, 0.717) is 11.1 Å². The molecule has 11 heteroatoms. The van der Waals surface area contributed by atoms with Crippen molar-refractivity contribution in [1.82, 2.24) is 0 Å². The Morgan fingerprint density at radius 2 is 1.29 bits per heavy atom. The number of rotatable bonds is 9. The quantitative estimate of drug-likeness (QED) is 0.312. The van der Waals surface area contributed by atoms with Crippen molar-refractivity contribution < 1.29 is 29.6 Å². The molecule has 34 heavy (non-hydrogen) atoms. The van der Waals surface area contributed by atoms with Crippen molar-refractivity contribution in [2.45, 2.75) is 25.7 Å². The lowest BCUT2D eigenvalue weighted by atomic mass is 10.1. The van der Waals surface area contributed by atoms with Crippen LogP contribution in [0.25, 0.3) is 0 Å². The first-order chi connectivity index (χ1) is 16.2. The van der Waals surface area contributed by atoms with Gasteiger partial charge in [0.1, 0.15) is 11.8 Å². The van der Waals surface area contributed by atoms with Gasteiger partial charge in [0.05, 0.1) is 34.2 Å². The molecule has 3 rings (SSSR count). The summed E-state index contributed by atoms with van der Waals surface area (Å²) in [5, 5.41) is 39.2. The van der Waals surface area contributed by atoms with Crippen molar-refractivity contribution in [2.24, 2.45) is 5.73 Å². The van der Waals surface area contributed by atoms with Crippen molar-refractivity contribution in [3.63, 3.8) is 0 Å². The Kier molecular flexibility index (Phi) is 9.62. The maximum atomic E-state index is 10.9. The summed E-state index contributed by atoms with van der Waals surface area (Å²) in [5.74, 6) is -0.860. The number of nitrogens with zero attached hydrogens (tertiary/aromatic N) is 2. The zero-order valence-corrected chi connectivity index (χ0v) is 17.9. The highest BCUT2D eigenvalue weighted by molar-refractivity contribution is 5.73. The normalized spacial score (nSPS) is 11.1. The lowest BCUT2D eigenvalue weighted by Gasteiger charge is -2.06. The second-order valence-electron chi connectivity index (χ2n) is 7.08. The fraction of sp³-hybridized carbons (Fsp3) is 0.174. The van der Waals surface area contributed by atoms with E-state index in [0.717, 1.165) is 5.56 Å². The van der Waals surface area contributed by atoms with E-state index in [1.54, 1.807) is 48.5 Å². The third kappa shape index (κ3) is 7.97. The Morgan fingerprint density at radius 1 is 0.853 bits per heavy atom. The molecule has 3 aromatic rings. The average Bonchev–Trinajstić information content (AvgIpc) is 2.81. The van der Waals surface area contributed by atoms with Crippen LogP contribution >= 0.6 is 0 Å². The summed E-state index contributed by atoms with van der Waals surface area (Å²) in [6.07, 6.45) is 0.273. The van der Waals surface area contributed by atoms with Crippen molar-refractivity contribution in [2.75, 3.05) is 0 Å². The van der Waals surface area contributed by atoms with E-state index in [1.807, 2.05) is 0 Å². The maximum absolute atomic E-state index is 10.9. The van der Waals surface area contributed by atoms with E-state index < -0.39 is 21.9 Å². The van der Waals surface area contributed by atoms with Gasteiger partial charge in [0.25, 0.3) is 11.4 Å². The fourth-order valence-corrected chi connectivity index (χ4v) is 2.87. The van der Waals surface area contributed by atoms with Crippen LogP contribution in [-0.4, -0.2) is 32.1 Å². The summed E-state index contributed by atoms with van der Waals surface area (Å²) < 4.78 is 5.38. The highest BCUT2D eigenvalue weighted by Crippen LogP contribution is 2.21. The standard InChI is InChI=1S/C14H12N2O5.C9H11NO3/c17-15(18)13-7-3-1-5-11(13)9-21-10-12-6-2-4-8-14(12)16(19)20;10-8(9(12)13)5-6-1-3-7(11)4-2-6/h1-8H,9-10H2;1-4,8,11H,5,10H2,(H,12,13). The van der Waals surface area contributed by atoms with Gasteiger partial charge in [-0.1, -0.05) is 36.4 Å². The molecule has 0 spiro atoms. The van der Waals surface area contributed by atoms with Crippen molar-refractivity contribution in [1.29, 1.82) is 0 Å². The van der Waals surface area contributed by atoms with Crippen LogP contribution in [0.1, 0.15) is 16.7 Å². The molecule has 0 heterocycles. The summed E-state index contributed by atoms with van der Waals surface area (Å²) in [4.78, 5) is 31.1. The number of phenolic OH excluding ortho intramolecular Hbond substituents is 1. The molecule has 0 aliphatic carbocycles. The van der Waals surface area contributed by atoms with Crippen LogP contribution in [-0.2, 0) is 29.2 Å². The minimum absolute atomic E-state index is 0.0171. The fourth-order valence-electron chi connectivity index (χ4n) is 2.87. The van der Waals surface area contributed by atoms with Crippen LogP contribution in [0.3, 0.4) is 0 Å². The number of nitrogens with two attached hydrogens (primary N) is 1. The Bertz CT molecular complexity index is 1080. The maximum Gasteiger partial charge on any atom is 0.320 e. The second-order valence-corrected chi connectivity index (χ2v) is 7.08. The van der Waals surface area contributed by atoms with Gasteiger partial charge in [0.15, 0.2) is 0 Å². The number of aromatic hydroxyl groups is 1. The van der Waals surface area contributed by atoms with Gasteiger partial charge in [0, 0.05) is 12.1 Å². The Labute approximate surface area is 194 Å². The van der Waals surface area contributed by atoms with Crippen LogP contribution in [0.5, 0.6) is 5.75 Å². The highest BCUT2D eigenvalue weighted by atomic mass is 16.6. The zero-order chi connectivity index (χ0) is 25.1. The molecule has 11 nitrogen and oxygen atoms in total. The minimum atomic E-state index is -1.02. The third-order valence-corrected chi connectivity index (χ3v) is 4.60. The van der Waals surface area contributed by atoms with Gasteiger partial charge in [-0.25, -0.2) is 0 Å². The topological polar surface area (TPSA) is 179 Å². The largest absolute Gasteiger partial charge is 0.508 e. The first-order valence-corrected chi connectivity index (χ1v) is 9.97. The number of carbonyl (C=O) groups is 1. The Balaban J connectivity index is 0.000000270. The first kappa shape index (κ1) is 25.9. The number of hydrogen-bond donors (Lipinski definition) is 3. The van der Waals surface area contributed by atoms with Crippen LogP contribution in [0.15, 0.2) is 72.8 Å².